The zero-order valence-electron chi connectivity index (χ0n) is 16.3. The van der Waals surface area contributed by atoms with Gasteiger partial charge in [0.2, 0.25) is 5.91 Å². The van der Waals surface area contributed by atoms with Crippen LogP contribution in [0.2, 0.25) is 0 Å². The van der Waals surface area contributed by atoms with Gasteiger partial charge in [0.25, 0.3) is 0 Å². The van der Waals surface area contributed by atoms with Crippen molar-refractivity contribution in [2.24, 2.45) is 0 Å². The molecule has 0 bridgehead atoms. The molecule has 1 aliphatic heterocycles. The first-order chi connectivity index (χ1) is 13.0. The number of hydrogen-bond acceptors (Lipinski definition) is 3. The average Bonchev–Trinajstić information content (AvgIpc) is 2.71. The number of likely N-dealkylation sites (tertiary alicyclic amines) is 1. The van der Waals surface area contributed by atoms with Crippen LogP contribution in [-0.4, -0.2) is 41.6 Å². The Balaban J connectivity index is 1.64. The Labute approximate surface area is 162 Å². The highest BCUT2D eigenvalue weighted by atomic mass is 16.3. The van der Waals surface area contributed by atoms with E-state index in [9.17, 15) is 9.90 Å². The maximum atomic E-state index is 12.6. The summed E-state index contributed by atoms with van der Waals surface area (Å²) in [6.07, 6.45) is 1.93. The standard InChI is InChI=1S/C23H30N2O2/c1-3-22(26)25(21-12-8-5-9-13-21)19(2)18-24-16-14-23(27,15-17-24)20-10-6-4-7-11-20/h4-13,19,27H,3,14-18H2,1-2H3/t19-/m0/s1. The van der Waals surface area contributed by atoms with Crippen molar-refractivity contribution in [3.05, 3.63) is 66.2 Å². The van der Waals surface area contributed by atoms with Crippen LogP contribution in [-0.2, 0) is 10.4 Å². The highest BCUT2D eigenvalue weighted by molar-refractivity contribution is 5.93. The first-order valence-corrected chi connectivity index (χ1v) is 9.91. The Bertz CT molecular complexity index is 725. The molecule has 1 heterocycles. The van der Waals surface area contributed by atoms with Gasteiger partial charge in [0, 0.05) is 37.8 Å². The minimum Gasteiger partial charge on any atom is -0.385 e. The van der Waals surface area contributed by atoms with Crippen molar-refractivity contribution in [1.29, 1.82) is 0 Å². The first-order valence-electron chi connectivity index (χ1n) is 9.91. The van der Waals surface area contributed by atoms with Gasteiger partial charge in [0.05, 0.1) is 5.60 Å². The van der Waals surface area contributed by atoms with Crippen LogP contribution in [0.25, 0.3) is 0 Å². The van der Waals surface area contributed by atoms with Gasteiger partial charge in [-0.25, -0.2) is 0 Å². The molecule has 1 fully saturated rings. The second kappa shape index (κ2) is 8.68. The maximum Gasteiger partial charge on any atom is 0.226 e. The third-order valence-corrected chi connectivity index (χ3v) is 5.56. The highest BCUT2D eigenvalue weighted by Crippen LogP contribution is 2.33. The number of benzene rings is 2. The van der Waals surface area contributed by atoms with E-state index in [2.05, 4.69) is 11.8 Å². The molecule has 3 rings (SSSR count). The van der Waals surface area contributed by atoms with E-state index in [1.54, 1.807) is 0 Å². The quantitative estimate of drug-likeness (QED) is 0.846. The number of aliphatic hydroxyl groups is 1. The second-order valence-electron chi connectivity index (χ2n) is 7.50. The van der Waals surface area contributed by atoms with Crippen LogP contribution in [0.15, 0.2) is 60.7 Å². The van der Waals surface area contributed by atoms with Crippen molar-refractivity contribution in [3.8, 4) is 0 Å². The Morgan fingerprint density at radius 2 is 1.63 bits per heavy atom. The summed E-state index contributed by atoms with van der Waals surface area (Å²) < 4.78 is 0. The molecule has 0 aromatic heterocycles. The number of carbonyl (C=O) groups is 1. The lowest BCUT2D eigenvalue weighted by Gasteiger charge is -2.41. The van der Waals surface area contributed by atoms with Crippen LogP contribution in [0.4, 0.5) is 5.69 Å². The van der Waals surface area contributed by atoms with Crippen molar-refractivity contribution in [1.82, 2.24) is 4.90 Å². The van der Waals surface area contributed by atoms with Gasteiger partial charge < -0.3 is 14.9 Å². The van der Waals surface area contributed by atoms with Gasteiger partial charge in [-0.15, -0.1) is 0 Å². The lowest BCUT2D eigenvalue weighted by atomic mass is 9.84. The molecule has 0 aliphatic carbocycles. The maximum absolute atomic E-state index is 12.6. The molecule has 4 heteroatoms. The average molecular weight is 367 g/mol. The third-order valence-electron chi connectivity index (χ3n) is 5.56. The van der Waals surface area contributed by atoms with Crippen LogP contribution >= 0.6 is 0 Å². The zero-order chi connectivity index (χ0) is 19.3. The molecule has 27 heavy (non-hydrogen) atoms. The number of anilines is 1. The van der Waals surface area contributed by atoms with Crippen molar-refractivity contribution in [2.75, 3.05) is 24.5 Å². The number of hydrogen-bond donors (Lipinski definition) is 1. The largest absolute Gasteiger partial charge is 0.385 e. The van der Waals surface area contributed by atoms with Crippen molar-refractivity contribution < 1.29 is 9.90 Å². The van der Waals surface area contributed by atoms with Crippen molar-refractivity contribution in [2.45, 2.75) is 44.8 Å². The fourth-order valence-corrected chi connectivity index (χ4v) is 4.00. The lowest BCUT2D eigenvalue weighted by molar-refractivity contribution is -0.118. The van der Waals surface area contributed by atoms with E-state index in [1.807, 2.05) is 72.5 Å². The van der Waals surface area contributed by atoms with Gasteiger partial charge in [-0.3, -0.25) is 4.79 Å². The summed E-state index contributed by atoms with van der Waals surface area (Å²) in [4.78, 5) is 16.8. The summed E-state index contributed by atoms with van der Waals surface area (Å²) in [6.45, 7) is 6.49. The Morgan fingerprint density at radius 3 is 2.19 bits per heavy atom. The molecule has 0 saturated carbocycles. The third kappa shape index (κ3) is 4.57. The van der Waals surface area contributed by atoms with E-state index >= 15 is 0 Å². The van der Waals surface area contributed by atoms with E-state index in [1.165, 1.54) is 0 Å². The van der Waals surface area contributed by atoms with Gasteiger partial charge in [-0.2, -0.15) is 0 Å². The molecule has 0 spiro atoms. The predicted octanol–water partition coefficient (Wildman–Crippen LogP) is 3.80. The smallest absolute Gasteiger partial charge is 0.226 e. The molecule has 0 radical (unpaired) electrons. The van der Waals surface area contributed by atoms with Crippen LogP contribution in [0.1, 0.15) is 38.7 Å². The number of piperidine rings is 1. The first kappa shape index (κ1) is 19.6. The number of nitrogens with zero attached hydrogens (tertiary/aromatic N) is 2. The van der Waals surface area contributed by atoms with E-state index in [0.717, 1.165) is 43.7 Å². The number of para-hydroxylation sites is 1. The van der Waals surface area contributed by atoms with Gasteiger partial charge in [-0.05, 0) is 37.5 Å². The predicted molar refractivity (Wildman–Crippen MR) is 110 cm³/mol. The van der Waals surface area contributed by atoms with Crippen LogP contribution in [0.3, 0.4) is 0 Å². The molecule has 1 N–H and O–H groups in total. The van der Waals surface area contributed by atoms with Crippen LogP contribution in [0.5, 0.6) is 0 Å². The van der Waals surface area contributed by atoms with E-state index in [4.69, 9.17) is 0 Å². The Kier molecular flexibility index (Phi) is 6.30. The summed E-state index contributed by atoms with van der Waals surface area (Å²) in [5, 5.41) is 11.0. The Hall–Kier alpha value is -2.17. The van der Waals surface area contributed by atoms with E-state index in [0.29, 0.717) is 6.42 Å². The highest BCUT2D eigenvalue weighted by Gasteiger charge is 2.34. The summed E-state index contributed by atoms with van der Waals surface area (Å²) >= 11 is 0. The molecule has 0 unspecified atom stereocenters. The van der Waals surface area contributed by atoms with Crippen molar-refractivity contribution >= 4 is 11.6 Å². The molecule has 1 atom stereocenters. The summed E-state index contributed by atoms with van der Waals surface area (Å²) in [5.41, 5.74) is 1.22. The minimum atomic E-state index is -0.737. The SMILES string of the molecule is CCC(=O)N(c1ccccc1)[C@@H](C)CN1CCC(O)(c2ccccc2)CC1. The molecule has 1 aliphatic rings. The zero-order valence-corrected chi connectivity index (χ0v) is 16.3. The normalized spacial score (nSPS) is 18.0. The fraction of sp³-hybridized carbons (Fsp3) is 0.435. The van der Waals surface area contributed by atoms with Crippen LogP contribution in [0, 0.1) is 0 Å². The van der Waals surface area contributed by atoms with Crippen LogP contribution < -0.4 is 4.90 Å². The number of carbonyl (C=O) groups excluding carboxylic acids is 1. The summed E-state index contributed by atoms with van der Waals surface area (Å²) in [5.74, 6) is 0.145. The topological polar surface area (TPSA) is 43.8 Å². The molecule has 2 aromatic carbocycles. The van der Waals surface area contributed by atoms with Gasteiger partial charge in [-0.1, -0.05) is 55.5 Å². The molecule has 4 nitrogen and oxygen atoms in total. The van der Waals surface area contributed by atoms with E-state index in [-0.39, 0.29) is 11.9 Å². The summed E-state index contributed by atoms with van der Waals surface area (Å²) in [7, 11) is 0. The Morgan fingerprint density at radius 1 is 1.07 bits per heavy atom. The second-order valence-corrected chi connectivity index (χ2v) is 7.50. The fourth-order valence-electron chi connectivity index (χ4n) is 4.00. The number of amides is 1. The molecule has 1 amide bonds. The van der Waals surface area contributed by atoms with Gasteiger partial charge in [0.1, 0.15) is 0 Å². The molecule has 1 saturated heterocycles. The number of rotatable bonds is 6. The minimum absolute atomic E-state index is 0.0859. The van der Waals surface area contributed by atoms with Gasteiger partial charge >= 0.3 is 0 Å². The summed E-state index contributed by atoms with van der Waals surface area (Å²) in [6, 6.07) is 19.9. The molecule has 144 valence electrons. The van der Waals surface area contributed by atoms with E-state index < -0.39 is 5.60 Å². The molecular formula is C23H30N2O2. The lowest BCUT2D eigenvalue weighted by Crippen LogP contribution is -2.49. The molecule has 2 aromatic rings. The van der Waals surface area contributed by atoms with Crippen molar-refractivity contribution in [3.63, 3.8) is 0 Å². The van der Waals surface area contributed by atoms with Gasteiger partial charge in [0.15, 0.2) is 0 Å². The monoisotopic (exact) mass is 366 g/mol. The molecular weight excluding hydrogens is 336 g/mol.